The summed E-state index contributed by atoms with van der Waals surface area (Å²) >= 11 is 0. The van der Waals surface area contributed by atoms with Gasteiger partial charge in [0.05, 0.1) is 5.69 Å². The topological polar surface area (TPSA) is 60.7 Å². The summed E-state index contributed by atoms with van der Waals surface area (Å²) in [5.74, 6) is 0.617. The van der Waals surface area contributed by atoms with Crippen molar-refractivity contribution in [2.75, 3.05) is 24.7 Å². The third-order valence-electron chi connectivity index (χ3n) is 1.77. The van der Waals surface area contributed by atoms with Gasteiger partial charge >= 0.3 is 0 Å². The second-order valence-electron chi connectivity index (χ2n) is 2.65. The summed E-state index contributed by atoms with van der Waals surface area (Å²) in [7, 11) is 3.54. The average molecular weight is 176 g/mol. The number of hydrogen-bond acceptors (Lipinski definition) is 4. The van der Waals surface area contributed by atoms with E-state index in [1.54, 1.807) is 14.1 Å². The van der Waals surface area contributed by atoms with E-state index >= 15 is 0 Å². The van der Waals surface area contributed by atoms with E-state index in [1.165, 1.54) is 0 Å². The van der Waals surface area contributed by atoms with Crippen molar-refractivity contribution in [2.24, 2.45) is 0 Å². The van der Waals surface area contributed by atoms with Crippen molar-refractivity contribution < 1.29 is 0 Å². The van der Waals surface area contributed by atoms with E-state index in [-0.39, 0.29) is 0 Å². The van der Waals surface area contributed by atoms with Crippen LogP contribution in [0.15, 0.2) is 6.07 Å². The van der Waals surface area contributed by atoms with E-state index in [9.17, 15) is 0 Å². The molecule has 68 valence electrons. The Morgan fingerprint density at radius 3 is 2.54 bits per heavy atom. The van der Waals surface area contributed by atoms with Crippen molar-refractivity contribution in [3.05, 3.63) is 17.3 Å². The molecule has 0 amide bonds. The fourth-order valence-corrected chi connectivity index (χ4v) is 1.16. The van der Waals surface area contributed by atoms with Gasteiger partial charge in [0.25, 0.3) is 0 Å². The molecule has 0 unspecified atom stereocenters. The first-order chi connectivity index (χ1) is 6.22. The van der Waals surface area contributed by atoms with Crippen molar-refractivity contribution in [1.82, 2.24) is 4.98 Å². The number of nitriles is 1. The molecule has 4 nitrogen and oxygen atoms in total. The van der Waals surface area contributed by atoms with Gasteiger partial charge in [-0.15, -0.1) is 0 Å². The Morgan fingerprint density at radius 1 is 1.38 bits per heavy atom. The summed E-state index contributed by atoms with van der Waals surface area (Å²) in [4.78, 5) is 4.20. The Morgan fingerprint density at radius 2 is 2.08 bits per heavy atom. The van der Waals surface area contributed by atoms with Crippen molar-refractivity contribution in [3.8, 4) is 6.07 Å². The first-order valence-corrected chi connectivity index (χ1v) is 4.00. The van der Waals surface area contributed by atoms with Crippen LogP contribution < -0.4 is 10.6 Å². The van der Waals surface area contributed by atoms with Gasteiger partial charge in [0.2, 0.25) is 0 Å². The van der Waals surface area contributed by atoms with Crippen molar-refractivity contribution in [3.63, 3.8) is 0 Å². The van der Waals surface area contributed by atoms with E-state index in [1.807, 2.05) is 13.0 Å². The van der Waals surface area contributed by atoms with Crippen LogP contribution in [0, 0.1) is 18.3 Å². The predicted octanol–water partition coefficient (Wildman–Crippen LogP) is 1.35. The Balaban J connectivity index is 3.36. The first-order valence-electron chi connectivity index (χ1n) is 4.00. The molecule has 0 saturated heterocycles. The van der Waals surface area contributed by atoms with E-state index in [4.69, 9.17) is 5.26 Å². The van der Waals surface area contributed by atoms with Crippen molar-refractivity contribution in [2.45, 2.75) is 6.92 Å². The van der Waals surface area contributed by atoms with Crippen molar-refractivity contribution in [1.29, 1.82) is 5.26 Å². The highest BCUT2D eigenvalue weighted by molar-refractivity contribution is 5.68. The van der Waals surface area contributed by atoms with E-state index in [2.05, 4.69) is 21.7 Å². The van der Waals surface area contributed by atoms with Crippen LogP contribution in [0.1, 0.15) is 11.3 Å². The van der Waals surface area contributed by atoms with Crippen LogP contribution >= 0.6 is 0 Å². The van der Waals surface area contributed by atoms with Gasteiger partial charge in [0.15, 0.2) is 0 Å². The Labute approximate surface area is 77.6 Å². The minimum Gasteiger partial charge on any atom is -0.387 e. The molecule has 0 aliphatic heterocycles. The second kappa shape index (κ2) is 3.76. The third kappa shape index (κ3) is 1.70. The van der Waals surface area contributed by atoms with Crippen LogP contribution in [0.3, 0.4) is 0 Å². The summed E-state index contributed by atoms with van der Waals surface area (Å²) < 4.78 is 0. The first kappa shape index (κ1) is 9.33. The monoisotopic (exact) mass is 176 g/mol. The largest absolute Gasteiger partial charge is 0.387 e. The molecule has 0 atom stereocenters. The quantitative estimate of drug-likeness (QED) is 0.714. The zero-order chi connectivity index (χ0) is 9.84. The molecule has 0 radical (unpaired) electrons. The van der Waals surface area contributed by atoms with Gasteiger partial charge in [-0.2, -0.15) is 5.26 Å². The number of hydrogen-bond donors (Lipinski definition) is 2. The Kier molecular flexibility index (Phi) is 2.70. The maximum Gasteiger partial charge on any atom is 0.146 e. The highest BCUT2D eigenvalue weighted by Crippen LogP contribution is 2.21. The molecule has 0 aromatic carbocycles. The lowest BCUT2D eigenvalue weighted by molar-refractivity contribution is 1.17. The Bertz CT molecular complexity index is 326. The molecule has 13 heavy (non-hydrogen) atoms. The van der Waals surface area contributed by atoms with Gasteiger partial charge in [-0.1, -0.05) is 0 Å². The second-order valence-corrected chi connectivity index (χ2v) is 2.65. The smallest absolute Gasteiger partial charge is 0.146 e. The molecule has 1 rings (SSSR count). The Hall–Kier alpha value is -1.76. The molecule has 0 saturated carbocycles. The number of nitrogens with one attached hydrogen (secondary N) is 2. The molecule has 0 spiro atoms. The van der Waals surface area contributed by atoms with Gasteiger partial charge in [-0.3, -0.25) is 0 Å². The van der Waals surface area contributed by atoms with Crippen LogP contribution in [0.2, 0.25) is 0 Å². The summed E-state index contributed by atoms with van der Waals surface area (Å²) in [5.41, 5.74) is 2.24. The SMILES string of the molecule is CNc1cc(C)nc(NC)c1C#N. The van der Waals surface area contributed by atoms with Gasteiger partial charge in [0.1, 0.15) is 17.5 Å². The highest BCUT2D eigenvalue weighted by atomic mass is 15.0. The average Bonchev–Trinajstić information content (AvgIpc) is 2.16. The number of anilines is 2. The molecule has 2 N–H and O–H groups in total. The van der Waals surface area contributed by atoms with Crippen LogP contribution in [-0.4, -0.2) is 19.1 Å². The van der Waals surface area contributed by atoms with Gasteiger partial charge in [-0.05, 0) is 13.0 Å². The standard InChI is InChI=1S/C9H12N4/c1-6-4-8(11-2)7(5-10)9(12-3)13-6/h4H,1-3H3,(H2,11,12,13). The van der Waals surface area contributed by atoms with Gasteiger partial charge < -0.3 is 10.6 Å². The van der Waals surface area contributed by atoms with E-state index < -0.39 is 0 Å². The normalized spacial score (nSPS) is 9.08. The van der Waals surface area contributed by atoms with Crippen molar-refractivity contribution >= 4 is 11.5 Å². The predicted molar refractivity (Wildman–Crippen MR) is 52.8 cm³/mol. The number of nitrogens with zero attached hydrogens (tertiary/aromatic N) is 2. The summed E-state index contributed by atoms with van der Waals surface area (Å²) in [6, 6.07) is 3.95. The minimum atomic E-state index is 0.551. The van der Waals surface area contributed by atoms with Crippen LogP contribution in [0.5, 0.6) is 0 Å². The highest BCUT2D eigenvalue weighted by Gasteiger charge is 2.07. The number of rotatable bonds is 2. The molecular formula is C9H12N4. The zero-order valence-corrected chi connectivity index (χ0v) is 7.97. The molecule has 0 aliphatic carbocycles. The lowest BCUT2D eigenvalue weighted by atomic mass is 10.2. The molecule has 0 aliphatic rings. The maximum atomic E-state index is 8.88. The number of pyridine rings is 1. The fourth-order valence-electron chi connectivity index (χ4n) is 1.16. The van der Waals surface area contributed by atoms with Gasteiger partial charge in [-0.25, -0.2) is 4.98 Å². The van der Waals surface area contributed by atoms with Crippen LogP contribution in [0.25, 0.3) is 0 Å². The maximum absolute atomic E-state index is 8.88. The van der Waals surface area contributed by atoms with Crippen LogP contribution in [0.4, 0.5) is 11.5 Å². The number of aryl methyl sites for hydroxylation is 1. The molecule has 0 fully saturated rings. The molecule has 1 heterocycles. The van der Waals surface area contributed by atoms with E-state index in [0.29, 0.717) is 11.4 Å². The zero-order valence-electron chi connectivity index (χ0n) is 7.97. The number of aromatic nitrogens is 1. The van der Waals surface area contributed by atoms with E-state index in [0.717, 1.165) is 11.4 Å². The summed E-state index contributed by atoms with van der Waals surface area (Å²) in [5, 5.41) is 14.7. The lowest BCUT2D eigenvalue weighted by Gasteiger charge is -2.08. The lowest BCUT2D eigenvalue weighted by Crippen LogP contribution is -2.02. The molecule has 1 aromatic rings. The fraction of sp³-hybridized carbons (Fsp3) is 0.333. The molecular weight excluding hydrogens is 164 g/mol. The molecule has 1 aromatic heterocycles. The van der Waals surface area contributed by atoms with Gasteiger partial charge in [0, 0.05) is 19.8 Å². The molecule has 0 bridgehead atoms. The summed E-state index contributed by atoms with van der Waals surface area (Å²) in [6.45, 7) is 1.89. The van der Waals surface area contributed by atoms with Crippen LogP contribution in [-0.2, 0) is 0 Å². The molecule has 4 heteroatoms. The minimum absolute atomic E-state index is 0.551. The third-order valence-corrected chi connectivity index (χ3v) is 1.77. The summed E-state index contributed by atoms with van der Waals surface area (Å²) in [6.07, 6.45) is 0.